The topological polar surface area (TPSA) is 59.9 Å². The maximum Gasteiger partial charge on any atom is 0.250 e. The van der Waals surface area contributed by atoms with E-state index in [9.17, 15) is 4.79 Å². The molecule has 2 rings (SSSR count). The second kappa shape index (κ2) is 5.14. The van der Waals surface area contributed by atoms with Crippen LogP contribution in [0.3, 0.4) is 0 Å². The van der Waals surface area contributed by atoms with Gasteiger partial charge in [-0.05, 0) is 13.3 Å². The summed E-state index contributed by atoms with van der Waals surface area (Å²) in [5.74, 6) is 0.701. The van der Waals surface area contributed by atoms with Crippen LogP contribution in [0.15, 0.2) is 4.99 Å². The molecule has 5 heteroatoms. The second-order valence-electron chi connectivity index (χ2n) is 4.43. The first-order chi connectivity index (χ1) is 8.22. The van der Waals surface area contributed by atoms with E-state index in [1.807, 2.05) is 13.8 Å². The van der Waals surface area contributed by atoms with Gasteiger partial charge in [0, 0.05) is 32.7 Å². The molecule has 96 valence electrons. The number of carbonyl (C=O) groups excluding carboxylic acids is 1. The molecule has 1 fully saturated rings. The fraction of sp³-hybridized carbons (Fsp3) is 0.833. The van der Waals surface area contributed by atoms with Crippen molar-refractivity contribution in [3.05, 3.63) is 0 Å². The van der Waals surface area contributed by atoms with E-state index in [1.165, 1.54) is 0 Å². The van der Waals surface area contributed by atoms with Crippen LogP contribution in [0, 0.1) is 0 Å². The van der Waals surface area contributed by atoms with Gasteiger partial charge in [-0.25, -0.2) is 0 Å². The van der Waals surface area contributed by atoms with Crippen molar-refractivity contribution < 1.29 is 14.3 Å². The Morgan fingerprint density at radius 2 is 2.18 bits per heavy atom. The average Bonchev–Trinajstić information content (AvgIpc) is 2.73. The molecule has 0 saturated carbocycles. The number of nitrogens with zero attached hydrogens (tertiary/aromatic N) is 1. The summed E-state index contributed by atoms with van der Waals surface area (Å²) in [6, 6.07) is -0.245. The summed E-state index contributed by atoms with van der Waals surface area (Å²) in [4.78, 5) is 16.2. The maximum absolute atomic E-state index is 11.7. The van der Waals surface area contributed by atoms with Gasteiger partial charge in [0.05, 0.1) is 0 Å². The fourth-order valence-corrected chi connectivity index (χ4v) is 2.38. The van der Waals surface area contributed by atoms with E-state index in [0.717, 1.165) is 19.3 Å². The van der Waals surface area contributed by atoms with Crippen molar-refractivity contribution in [3.8, 4) is 0 Å². The predicted octanol–water partition coefficient (Wildman–Crippen LogP) is 0.879. The fourth-order valence-electron chi connectivity index (χ4n) is 2.38. The molecule has 0 radical (unpaired) electrons. The van der Waals surface area contributed by atoms with Gasteiger partial charge in [0.15, 0.2) is 0 Å². The van der Waals surface area contributed by atoms with Crippen LogP contribution in [0.5, 0.6) is 0 Å². The Balaban J connectivity index is 2.19. The van der Waals surface area contributed by atoms with Crippen molar-refractivity contribution in [2.45, 2.75) is 44.8 Å². The number of hydrogen-bond donors (Lipinski definition) is 1. The van der Waals surface area contributed by atoms with E-state index in [4.69, 9.17) is 9.47 Å². The highest BCUT2D eigenvalue weighted by molar-refractivity contribution is 6.09. The highest BCUT2D eigenvalue weighted by Crippen LogP contribution is 2.28. The van der Waals surface area contributed by atoms with Crippen LogP contribution in [0.25, 0.3) is 0 Å². The van der Waals surface area contributed by atoms with E-state index in [1.54, 1.807) is 0 Å². The van der Waals surface area contributed by atoms with Crippen molar-refractivity contribution in [3.63, 3.8) is 0 Å². The molecule has 1 saturated heterocycles. The normalized spacial score (nSPS) is 27.8. The van der Waals surface area contributed by atoms with Crippen molar-refractivity contribution in [1.29, 1.82) is 0 Å². The zero-order valence-corrected chi connectivity index (χ0v) is 10.5. The Kier molecular flexibility index (Phi) is 3.79. The van der Waals surface area contributed by atoms with Gasteiger partial charge in [0.1, 0.15) is 17.5 Å². The lowest BCUT2D eigenvalue weighted by atomic mass is 9.92. The lowest BCUT2D eigenvalue weighted by Gasteiger charge is -2.36. The summed E-state index contributed by atoms with van der Waals surface area (Å²) in [5.41, 5.74) is -0.438. The molecule has 1 unspecified atom stereocenters. The number of hydrogen-bond acceptors (Lipinski definition) is 4. The highest BCUT2D eigenvalue weighted by Gasteiger charge is 2.43. The van der Waals surface area contributed by atoms with E-state index in [-0.39, 0.29) is 11.9 Å². The molecule has 0 aromatic rings. The van der Waals surface area contributed by atoms with Crippen LogP contribution in [-0.2, 0) is 14.3 Å². The Labute approximate surface area is 102 Å². The lowest BCUT2D eigenvalue weighted by molar-refractivity contribution is -0.120. The van der Waals surface area contributed by atoms with Crippen molar-refractivity contribution in [1.82, 2.24) is 5.32 Å². The number of aliphatic imine (C=N–C) groups is 1. The molecule has 2 aliphatic heterocycles. The van der Waals surface area contributed by atoms with Crippen LogP contribution in [0.2, 0.25) is 0 Å². The molecule has 0 aliphatic carbocycles. The van der Waals surface area contributed by atoms with Crippen molar-refractivity contribution >= 4 is 11.7 Å². The molecule has 2 heterocycles. The van der Waals surface area contributed by atoms with Crippen LogP contribution in [0.4, 0.5) is 0 Å². The Hall–Kier alpha value is -0.940. The third kappa shape index (κ3) is 2.35. The van der Waals surface area contributed by atoms with Crippen LogP contribution in [-0.4, -0.2) is 43.2 Å². The second-order valence-corrected chi connectivity index (χ2v) is 4.43. The Morgan fingerprint density at radius 1 is 1.47 bits per heavy atom. The molecular weight excluding hydrogens is 220 g/mol. The maximum atomic E-state index is 11.7. The molecule has 1 amide bonds. The summed E-state index contributed by atoms with van der Waals surface area (Å²) >= 11 is 0. The minimum atomic E-state index is -0.438. The molecule has 0 spiro atoms. The molecule has 1 atom stereocenters. The summed E-state index contributed by atoms with van der Waals surface area (Å²) in [6.07, 6.45) is 2.25. The molecule has 2 aliphatic rings. The smallest absolute Gasteiger partial charge is 0.250 e. The molecule has 5 nitrogen and oxygen atoms in total. The van der Waals surface area contributed by atoms with Crippen LogP contribution >= 0.6 is 0 Å². The van der Waals surface area contributed by atoms with E-state index >= 15 is 0 Å². The minimum Gasteiger partial charge on any atom is -0.381 e. The van der Waals surface area contributed by atoms with Gasteiger partial charge in [-0.2, -0.15) is 0 Å². The largest absolute Gasteiger partial charge is 0.381 e. The Bertz CT molecular complexity index is 316. The summed E-state index contributed by atoms with van der Waals surface area (Å²) in [6.45, 7) is 5.86. The number of carbonyl (C=O) groups is 1. The number of rotatable bonds is 4. The van der Waals surface area contributed by atoms with Gasteiger partial charge < -0.3 is 14.8 Å². The number of amides is 1. The van der Waals surface area contributed by atoms with Gasteiger partial charge >= 0.3 is 0 Å². The zero-order valence-electron chi connectivity index (χ0n) is 10.5. The average molecular weight is 240 g/mol. The van der Waals surface area contributed by atoms with Gasteiger partial charge in [0.25, 0.3) is 0 Å². The molecule has 0 aromatic heterocycles. The molecule has 0 bridgehead atoms. The van der Waals surface area contributed by atoms with Crippen molar-refractivity contribution in [2.24, 2.45) is 4.99 Å². The van der Waals surface area contributed by atoms with Gasteiger partial charge in [-0.3, -0.25) is 9.79 Å². The summed E-state index contributed by atoms with van der Waals surface area (Å²) in [7, 11) is 0. The van der Waals surface area contributed by atoms with E-state index < -0.39 is 5.60 Å². The number of amidine groups is 1. The lowest BCUT2D eigenvalue weighted by Crippen LogP contribution is -2.51. The monoisotopic (exact) mass is 240 g/mol. The van der Waals surface area contributed by atoms with E-state index in [2.05, 4.69) is 10.3 Å². The van der Waals surface area contributed by atoms with Gasteiger partial charge in [-0.15, -0.1) is 0 Å². The molecule has 1 N–H and O–H groups in total. The summed E-state index contributed by atoms with van der Waals surface area (Å²) < 4.78 is 11.2. The zero-order chi connectivity index (χ0) is 12.3. The molecule has 17 heavy (non-hydrogen) atoms. The third-order valence-corrected chi connectivity index (χ3v) is 3.37. The standard InChI is InChI=1S/C12H20N2O3/c1-3-9-10(15)14-11(13-9)12(17-4-2)5-7-16-8-6-12/h9H,3-8H2,1-2H3,(H,13,14,15). The number of nitrogens with one attached hydrogen (secondary N) is 1. The van der Waals surface area contributed by atoms with Crippen molar-refractivity contribution in [2.75, 3.05) is 19.8 Å². The van der Waals surface area contributed by atoms with Gasteiger partial charge in [0.2, 0.25) is 5.91 Å². The first-order valence-electron chi connectivity index (χ1n) is 6.32. The van der Waals surface area contributed by atoms with Crippen LogP contribution < -0.4 is 5.32 Å². The quantitative estimate of drug-likeness (QED) is 0.793. The predicted molar refractivity (Wildman–Crippen MR) is 64.1 cm³/mol. The number of ether oxygens (including phenoxy) is 2. The van der Waals surface area contributed by atoms with Gasteiger partial charge in [-0.1, -0.05) is 6.92 Å². The highest BCUT2D eigenvalue weighted by atomic mass is 16.5. The van der Waals surface area contributed by atoms with Crippen LogP contribution in [0.1, 0.15) is 33.1 Å². The molecule has 0 aromatic carbocycles. The molecular formula is C12H20N2O3. The third-order valence-electron chi connectivity index (χ3n) is 3.37. The van der Waals surface area contributed by atoms with E-state index in [0.29, 0.717) is 25.7 Å². The minimum absolute atomic E-state index is 0.00642. The SMILES string of the molecule is CCOC1(C2=NC(CC)C(=O)N2)CCOCC1. The first kappa shape index (κ1) is 12.5. The summed E-state index contributed by atoms with van der Waals surface area (Å²) in [5, 5.41) is 2.88. The Morgan fingerprint density at radius 3 is 2.71 bits per heavy atom. The first-order valence-corrected chi connectivity index (χ1v) is 6.32.